The number of benzene rings is 2. The average molecular weight is 409 g/mol. The fraction of sp³-hybridized carbons (Fsp3) is 0.259. The minimum atomic E-state index is 0.811. The third-order valence-electron chi connectivity index (χ3n) is 6.29. The van der Waals surface area contributed by atoms with Crippen molar-refractivity contribution >= 4 is 16.7 Å². The minimum absolute atomic E-state index is 0.811. The smallest absolute Gasteiger partial charge is 0.165 e. The molecule has 3 aromatic heterocycles. The van der Waals surface area contributed by atoms with E-state index in [1.807, 2.05) is 0 Å². The van der Waals surface area contributed by atoms with E-state index in [1.54, 1.807) is 0 Å². The van der Waals surface area contributed by atoms with Crippen LogP contribution in [-0.4, -0.2) is 19.2 Å². The zero-order valence-electron chi connectivity index (χ0n) is 19.1. The van der Waals surface area contributed by atoms with Gasteiger partial charge in [0.15, 0.2) is 5.65 Å². The third-order valence-corrected chi connectivity index (χ3v) is 6.29. The molecule has 0 radical (unpaired) electrons. The van der Waals surface area contributed by atoms with E-state index in [9.17, 15) is 0 Å². The minimum Gasteiger partial charge on any atom is -0.325 e. The quantitative estimate of drug-likeness (QED) is 0.354. The maximum absolute atomic E-state index is 5.05. The van der Waals surface area contributed by atoms with Crippen LogP contribution in [0.15, 0.2) is 48.5 Å². The van der Waals surface area contributed by atoms with Gasteiger partial charge in [-0.1, -0.05) is 48.0 Å². The number of nitrogens with zero attached hydrogens (tertiary/aromatic N) is 4. The summed E-state index contributed by atoms with van der Waals surface area (Å²) in [7, 11) is 0. The number of hydrogen-bond donors (Lipinski definition) is 0. The van der Waals surface area contributed by atoms with Crippen molar-refractivity contribution in [3.8, 4) is 11.1 Å². The van der Waals surface area contributed by atoms with Crippen molar-refractivity contribution < 1.29 is 0 Å². The van der Waals surface area contributed by atoms with Crippen LogP contribution in [0.4, 0.5) is 0 Å². The van der Waals surface area contributed by atoms with Crippen LogP contribution in [0.25, 0.3) is 27.8 Å². The highest BCUT2D eigenvalue weighted by Gasteiger charge is 2.22. The van der Waals surface area contributed by atoms with Crippen LogP contribution in [0.5, 0.6) is 0 Å². The Kier molecular flexibility index (Phi) is 4.47. The van der Waals surface area contributed by atoms with E-state index in [0.29, 0.717) is 0 Å². The van der Waals surface area contributed by atoms with Crippen LogP contribution in [0, 0.1) is 41.5 Å². The first kappa shape index (κ1) is 19.6. The molecule has 0 saturated carbocycles. The van der Waals surface area contributed by atoms with Crippen molar-refractivity contribution in [1.82, 2.24) is 19.2 Å². The second-order valence-electron chi connectivity index (χ2n) is 8.76. The lowest BCUT2D eigenvalue weighted by molar-refractivity contribution is 0.771. The third kappa shape index (κ3) is 3.05. The molecule has 0 N–H and O–H groups in total. The molecular formula is C27H28N4. The molecule has 0 saturated heterocycles. The predicted molar refractivity (Wildman–Crippen MR) is 128 cm³/mol. The lowest BCUT2D eigenvalue weighted by Gasteiger charge is -2.12. The number of aryl methyl sites for hydroxylation is 6. The fourth-order valence-corrected chi connectivity index (χ4v) is 4.98. The van der Waals surface area contributed by atoms with Gasteiger partial charge in [0.05, 0.1) is 17.0 Å². The molecule has 0 unspecified atom stereocenters. The Labute approximate surface area is 183 Å². The zero-order valence-corrected chi connectivity index (χ0v) is 19.1. The normalized spacial score (nSPS) is 11.7. The van der Waals surface area contributed by atoms with Crippen LogP contribution in [0.3, 0.4) is 0 Å². The maximum Gasteiger partial charge on any atom is 0.165 e. The van der Waals surface area contributed by atoms with Crippen molar-refractivity contribution in [2.75, 3.05) is 0 Å². The first-order valence-corrected chi connectivity index (χ1v) is 10.8. The Morgan fingerprint density at radius 3 is 2.13 bits per heavy atom. The van der Waals surface area contributed by atoms with Gasteiger partial charge >= 0.3 is 0 Å². The molecule has 2 aromatic carbocycles. The lowest BCUT2D eigenvalue weighted by atomic mass is 9.94. The van der Waals surface area contributed by atoms with Gasteiger partial charge in [0.2, 0.25) is 0 Å². The summed E-state index contributed by atoms with van der Waals surface area (Å²) in [5.41, 5.74) is 12.8. The summed E-state index contributed by atoms with van der Waals surface area (Å²) < 4.78 is 4.42. The van der Waals surface area contributed by atoms with E-state index in [2.05, 4.69) is 99.2 Å². The SMILES string of the molecule is Cc1cc(C)c(-c2c(C)nn3c2nc(C)c2cc(C)n(Cc4ccccc4)c23)c(C)c1. The highest BCUT2D eigenvalue weighted by Crippen LogP contribution is 2.35. The molecule has 5 rings (SSSR count). The molecule has 156 valence electrons. The Hall–Kier alpha value is -3.40. The van der Waals surface area contributed by atoms with Crippen molar-refractivity contribution in [1.29, 1.82) is 0 Å². The van der Waals surface area contributed by atoms with Gasteiger partial charge in [0.25, 0.3) is 0 Å². The van der Waals surface area contributed by atoms with Crippen LogP contribution < -0.4 is 0 Å². The van der Waals surface area contributed by atoms with E-state index in [4.69, 9.17) is 10.1 Å². The average Bonchev–Trinajstić information content (AvgIpc) is 3.20. The molecule has 0 fully saturated rings. The van der Waals surface area contributed by atoms with Crippen molar-refractivity contribution in [2.45, 2.75) is 48.1 Å². The Morgan fingerprint density at radius 2 is 1.45 bits per heavy atom. The van der Waals surface area contributed by atoms with Crippen molar-refractivity contribution in [3.05, 3.63) is 87.9 Å². The van der Waals surface area contributed by atoms with Crippen molar-refractivity contribution in [3.63, 3.8) is 0 Å². The topological polar surface area (TPSA) is 35.1 Å². The van der Waals surface area contributed by atoms with Gasteiger partial charge < -0.3 is 4.57 Å². The molecule has 0 amide bonds. The molecule has 0 bridgehead atoms. The highest BCUT2D eigenvalue weighted by atomic mass is 15.3. The van der Waals surface area contributed by atoms with Crippen LogP contribution in [0.1, 0.15) is 39.3 Å². The summed E-state index contributed by atoms with van der Waals surface area (Å²) in [6, 6.07) is 17.3. The Bertz CT molecular complexity index is 1430. The van der Waals surface area contributed by atoms with E-state index >= 15 is 0 Å². The van der Waals surface area contributed by atoms with Crippen molar-refractivity contribution in [2.24, 2.45) is 0 Å². The number of fused-ring (bicyclic) bond motifs is 3. The van der Waals surface area contributed by atoms with Gasteiger partial charge in [-0.3, -0.25) is 0 Å². The van der Waals surface area contributed by atoms with Gasteiger partial charge in [-0.25, -0.2) is 4.98 Å². The maximum atomic E-state index is 5.05. The van der Waals surface area contributed by atoms with Crippen LogP contribution >= 0.6 is 0 Å². The summed E-state index contributed by atoms with van der Waals surface area (Å²) in [6.07, 6.45) is 0. The molecule has 0 aliphatic heterocycles. The van der Waals surface area contributed by atoms with E-state index in [0.717, 1.165) is 40.2 Å². The van der Waals surface area contributed by atoms with E-state index in [-0.39, 0.29) is 0 Å². The summed E-state index contributed by atoms with van der Waals surface area (Å²) in [6.45, 7) is 13.7. The lowest BCUT2D eigenvalue weighted by Crippen LogP contribution is -2.06. The zero-order chi connectivity index (χ0) is 21.9. The fourth-order valence-electron chi connectivity index (χ4n) is 4.98. The van der Waals surface area contributed by atoms with Gasteiger partial charge in [-0.05, 0) is 69.9 Å². The second-order valence-corrected chi connectivity index (χ2v) is 8.76. The van der Waals surface area contributed by atoms with E-state index < -0.39 is 0 Å². The molecule has 5 aromatic rings. The Balaban J connectivity index is 1.84. The van der Waals surface area contributed by atoms with Gasteiger partial charge in [0.1, 0.15) is 5.65 Å². The number of rotatable bonds is 3. The summed E-state index contributed by atoms with van der Waals surface area (Å²) in [4.78, 5) is 5.05. The monoisotopic (exact) mass is 408 g/mol. The summed E-state index contributed by atoms with van der Waals surface area (Å²) in [5, 5.41) is 6.17. The second kappa shape index (κ2) is 7.09. The number of aromatic nitrogens is 4. The molecular weight excluding hydrogens is 380 g/mol. The molecule has 0 spiro atoms. The largest absolute Gasteiger partial charge is 0.325 e. The number of hydrogen-bond acceptors (Lipinski definition) is 2. The summed E-state index contributed by atoms with van der Waals surface area (Å²) >= 11 is 0. The highest BCUT2D eigenvalue weighted by molar-refractivity contribution is 5.90. The van der Waals surface area contributed by atoms with Gasteiger partial charge in [0, 0.05) is 17.6 Å². The predicted octanol–water partition coefficient (Wildman–Crippen LogP) is 6.25. The molecule has 0 atom stereocenters. The van der Waals surface area contributed by atoms with E-state index in [1.165, 1.54) is 33.5 Å². The van der Waals surface area contributed by atoms with Crippen LogP contribution in [-0.2, 0) is 6.54 Å². The molecule has 4 heteroatoms. The Morgan fingerprint density at radius 1 is 0.774 bits per heavy atom. The molecule has 31 heavy (non-hydrogen) atoms. The molecule has 4 nitrogen and oxygen atoms in total. The molecule has 0 aliphatic carbocycles. The molecule has 3 heterocycles. The first-order chi connectivity index (χ1) is 14.8. The standard InChI is InChI=1S/C27H28N4/c1-16-12-17(2)24(18(3)13-16)25-21(6)29-31-26(25)28-20(5)23-14-19(4)30(27(23)31)15-22-10-8-7-9-11-22/h7-14H,15H2,1-6H3. The molecule has 0 aliphatic rings. The summed E-state index contributed by atoms with van der Waals surface area (Å²) in [5.74, 6) is 0. The van der Waals surface area contributed by atoms with Gasteiger partial charge in [-0.15, -0.1) is 0 Å². The van der Waals surface area contributed by atoms with Crippen LogP contribution in [0.2, 0.25) is 0 Å². The van der Waals surface area contributed by atoms with Gasteiger partial charge in [-0.2, -0.15) is 9.61 Å². The first-order valence-electron chi connectivity index (χ1n) is 10.8.